The molecular formula is C26H31NO9. The minimum Gasteiger partial charge on any atom is -0.493 e. The Balaban J connectivity index is 1.43. The molecule has 2 N–H and O–H groups in total. The highest BCUT2D eigenvalue weighted by molar-refractivity contribution is 5.86. The number of methoxy groups -OCH3 is 1. The lowest BCUT2D eigenvalue weighted by atomic mass is 9.50. The number of carbonyl (C=O) groups excluding carboxylic acids is 3. The summed E-state index contributed by atoms with van der Waals surface area (Å²) in [5.74, 6) is -0.988. The quantitative estimate of drug-likeness (QED) is 0.517. The summed E-state index contributed by atoms with van der Waals surface area (Å²) in [4.78, 5) is 38.3. The fraction of sp³-hybridized carbons (Fsp3) is 0.577. The van der Waals surface area contributed by atoms with Crippen molar-refractivity contribution < 1.29 is 43.5 Å². The first-order valence-corrected chi connectivity index (χ1v) is 12.1. The molecule has 1 saturated heterocycles. The van der Waals surface area contributed by atoms with Crippen LogP contribution in [0.4, 0.5) is 0 Å². The van der Waals surface area contributed by atoms with Gasteiger partial charge in [0.1, 0.15) is 5.76 Å². The third-order valence-corrected chi connectivity index (χ3v) is 8.29. The Kier molecular flexibility index (Phi) is 5.89. The number of aliphatic hydroxyl groups excluding tert-OH is 1. The Morgan fingerprint density at radius 2 is 2.06 bits per heavy atom. The molecular weight excluding hydrogens is 470 g/mol. The minimum absolute atomic E-state index is 0.141. The fourth-order valence-electron chi connectivity index (χ4n) is 6.34. The molecule has 2 heterocycles. The molecule has 0 radical (unpaired) electrons. The average Bonchev–Trinajstić information content (AvgIpc) is 3.18. The summed E-state index contributed by atoms with van der Waals surface area (Å²) < 4.78 is 22.5. The molecule has 1 spiro atoms. The van der Waals surface area contributed by atoms with Crippen LogP contribution in [-0.4, -0.2) is 83.5 Å². The van der Waals surface area contributed by atoms with E-state index in [0.717, 1.165) is 17.7 Å². The standard InChI is InChI=1S/C26H31NO9/c1-13(28)14(2)34-24(31)16(29)12-20(30)35-18-7-8-26(32)19-11-15-5-6-17(33-4)22-21(15)25(26,23(18)36-22)9-10-27(19)3/h5-7,14,16,19,23,29,32H,8-12H2,1-4H3/t14-,16-,19+,23-,25-,26+/m0/s1. The first kappa shape index (κ1) is 24.7. The van der Waals surface area contributed by atoms with Crippen molar-refractivity contribution in [2.45, 2.75) is 74.9 Å². The Hall–Kier alpha value is -2.95. The van der Waals surface area contributed by atoms with Gasteiger partial charge in [0.05, 0.1) is 24.5 Å². The number of nitrogens with zero attached hydrogens (tertiary/aromatic N) is 1. The molecule has 36 heavy (non-hydrogen) atoms. The third-order valence-electron chi connectivity index (χ3n) is 8.29. The van der Waals surface area contributed by atoms with Crippen LogP contribution in [-0.2, 0) is 35.7 Å². The van der Waals surface area contributed by atoms with Gasteiger partial charge in [0.2, 0.25) is 0 Å². The number of hydrogen-bond acceptors (Lipinski definition) is 10. The zero-order valence-corrected chi connectivity index (χ0v) is 20.8. The van der Waals surface area contributed by atoms with E-state index in [1.54, 1.807) is 13.2 Å². The third kappa shape index (κ3) is 3.38. The maximum atomic E-state index is 12.7. The number of likely N-dealkylation sites (N-methyl/N-ethyl adjacent to an activating group) is 1. The first-order chi connectivity index (χ1) is 17.0. The van der Waals surface area contributed by atoms with Gasteiger partial charge in [-0.2, -0.15) is 0 Å². The van der Waals surface area contributed by atoms with E-state index >= 15 is 0 Å². The van der Waals surface area contributed by atoms with E-state index in [1.165, 1.54) is 13.8 Å². The molecule has 0 unspecified atom stereocenters. The predicted molar refractivity (Wildman–Crippen MR) is 124 cm³/mol. The largest absolute Gasteiger partial charge is 0.493 e. The minimum atomic E-state index is -1.78. The average molecular weight is 502 g/mol. The Morgan fingerprint density at radius 3 is 2.75 bits per heavy atom. The number of aliphatic hydroxyl groups is 2. The number of likely N-dealkylation sites (tertiary alicyclic amines) is 1. The Morgan fingerprint density at radius 1 is 1.31 bits per heavy atom. The molecule has 10 nitrogen and oxygen atoms in total. The van der Waals surface area contributed by atoms with Crippen molar-refractivity contribution in [1.29, 1.82) is 0 Å². The van der Waals surface area contributed by atoms with Crippen LogP contribution in [0, 0.1) is 0 Å². The van der Waals surface area contributed by atoms with Crippen molar-refractivity contribution in [3.05, 3.63) is 35.1 Å². The molecule has 5 rings (SSSR count). The SMILES string of the molecule is COc1ccc2c3c1O[C@H]1C(OC(=O)C[C@H](O)C(=O)O[C@@H](C)C(C)=O)=CC[C@@]4(O)[C@@H](C2)N(C)CC[C@]314. The number of carbonyl (C=O) groups is 3. The number of rotatable bonds is 7. The summed E-state index contributed by atoms with van der Waals surface area (Å²) in [5, 5.41) is 22.3. The number of hydrogen-bond donors (Lipinski definition) is 2. The molecule has 0 saturated carbocycles. The van der Waals surface area contributed by atoms with E-state index in [4.69, 9.17) is 18.9 Å². The number of esters is 2. The van der Waals surface area contributed by atoms with E-state index in [0.29, 0.717) is 24.3 Å². The first-order valence-electron chi connectivity index (χ1n) is 12.1. The predicted octanol–water partition coefficient (Wildman–Crippen LogP) is 0.788. The zero-order chi connectivity index (χ0) is 26.0. The maximum absolute atomic E-state index is 12.7. The fourth-order valence-corrected chi connectivity index (χ4v) is 6.34. The number of benzene rings is 1. The van der Waals surface area contributed by atoms with Crippen LogP contribution in [0.2, 0.25) is 0 Å². The van der Waals surface area contributed by atoms with Crippen LogP contribution < -0.4 is 9.47 Å². The smallest absolute Gasteiger partial charge is 0.336 e. The molecule has 0 aromatic heterocycles. The van der Waals surface area contributed by atoms with E-state index in [9.17, 15) is 24.6 Å². The highest BCUT2D eigenvalue weighted by atomic mass is 16.6. The van der Waals surface area contributed by atoms with Crippen LogP contribution in [0.5, 0.6) is 11.5 Å². The van der Waals surface area contributed by atoms with Crippen molar-refractivity contribution in [3.63, 3.8) is 0 Å². The van der Waals surface area contributed by atoms with Crippen molar-refractivity contribution in [3.8, 4) is 11.5 Å². The van der Waals surface area contributed by atoms with Crippen LogP contribution >= 0.6 is 0 Å². The maximum Gasteiger partial charge on any atom is 0.336 e. The van der Waals surface area contributed by atoms with Crippen molar-refractivity contribution in [1.82, 2.24) is 4.90 Å². The second kappa shape index (κ2) is 8.57. The van der Waals surface area contributed by atoms with Gasteiger partial charge in [-0.05, 0) is 58.0 Å². The van der Waals surface area contributed by atoms with E-state index in [1.807, 2.05) is 19.2 Å². The van der Waals surface area contributed by atoms with E-state index in [-0.39, 0.29) is 24.0 Å². The lowest BCUT2D eigenvalue weighted by molar-refractivity contribution is -0.172. The summed E-state index contributed by atoms with van der Waals surface area (Å²) in [6.45, 7) is 3.37. The molecule has 10 heteroatoms. The Bertz CT molecular complexity index is 1160. The monoisotopic (exact) mass is 501 g/mol. The van der Waals surface area contributed by atoms with Gasteiger partial charge in [-0.25, -0.2) is 4.79 Å². The molecule has 6 atom stereocenters. The summed E-state index contributed by atoms with van der Waals surface area (Å²) in [5.41, 5.74) is -0.000292. The molecule has 2 bridgehead atoms. The number of piperidine rings is 1. The van der Waals surface area contributed by atoms with Gasteiger partial charge in [0.15, 0.2) is 35.6 Å². The highest BCUT2D eigenvalue weighted by Gasteiger charge is 2.72. The van der Waals surface area contributed by atoms with Gasteiger partial charge >= 0.3 is 11.9 Å². The highest BCUT2D eigenvalue weighted by Crippen LogP contribution is 2.65. The van der Waals surface area contributed by atoms with Gasteiger partial charge < -0.3 is 34.1 Å². The molecule has 1 aromatic carbocycles. The van der Waals surface area contributed by atoms with Crippen molar-refractivity contribution >= 4 is 17.7 Å². The summed E-state index contributed by atoms with van der Waals surface area (Å²) >= 11 is 0. The topological polar surface area (TPSA) is 132 Å². The van der Waals surface area contributed by atoms with Crippen molar-refractivity contribution in [2.75, 3.05) is 20.7 Å². The molecule has 1 aromatic rings. The van der Waals surface area contributed by atoms with E-state index < -0.39 is 47.7 Å². The Labute approximate surface area is 208 Å². The molecule has 4 aliphatic rings. The van der Waals surface area contributed by atoms with Crippen LogP contribution in [0.1, 0.15) is 44.2 Å². The molecule has 2 aliphatic carbocycles. The normalized spacial score (nSPS) is 31.3. The summed E-state index contributed by atoms with van der Waals surface area (Å²) in [7, 11) is 3.56. The van der Waals surface area contributed by atoms with Crippen molar-refractivity contribution in [2.24, 2.45) is 0 Å². The summed E-state index contributed by atoms with van der Waals surface area (Å²) in [6, 6.07) is 3.71. The van der Waals surface area contributed by atoms with Gasteiger partial charge in [0.25, 0.3) is 0 Å². The van der Waals surface area contributed by atoms with E-state index in [2.05, 4.69) is 4.90 Å². The molecule has 2 aliphatic heterocycles. The lowest BCUT2D eigenvalue weighted by Gasteiger charge is -2.61. The number of ketones is 1. The zero-order valence-electron chi connectivity index (χ0n) is 20.8. The molecule has 194 valence electrons. The van der Waals surface area contributed by atoms with Gasteiger partial charge in [-0.3, -0.25) is 9.59 Å². The lowest BCUT2D eigenvalue weighted by Crippen LogP contribution is -2.74. The summed E-state index contributed by atoms with van der Waals surface area (Å²) in [6.07, 6.45) is -1.08. The number of ether oxygens (including phenoxy) is 4. The van der Waals surface area contributed by atoms with Gasteiger partial charge in [0, 0.05) is 18.0 Å². The molecule has 1 fully saturated rings. The van der Waals surface area contributed by atoms with Crippen LogP contribution in [0.15, 0.2) is 24.0 Å². The molecule has 0 amide bonds. The van der Waals surface area contributed by atoms with Crippen LogP contribution in [0.3, 0.4) is 0 Å². The van der Waals surface area contributed by atoms with Gasteiger partial charge in [-0.15, -0.1) is 0 Å². The second-order valence-corrected chi connectivity index (χ2v) is 10.2. The van der Waals surface area contributed by atoms with Crippen LogP contribution in [0.25, 0.3) is 0 Å². The second-order valence-electron chi connectivity index (χ2n) is 10.2. The van der Waals surface area contributed by atoms with Gasteiger partial charge in [-0.1, -0.05) is 6.07 Å². The number of Topliss-reactive ketones (excluding diaryl/α,β-unsaturated/α-hetero) is 1.